The average molecular weight is 1450 g/mol. The molecule has 0 fully saturated rings. The fourth-order valence-corrected chi connectivity index (χ4v) is 12.3. The Morgan fingerprint density at radius 1 is 0.333 bits per heavy atom. The highest BCUT2D eigenvalue weighted by Gasteiger charge is 2.23. The molecule has 0 bridgehead atoms. The normalized spacial score (nSPS) is 12.6. The maximum atomic E-state index is 12.7. The number of rotatable bonds is 30. The Morgan fingerprint density at radius 2 is 0.685 bits per heavy atom. The van der Waals surface area contributed by atoms with Gasteiger partial charge >= 0.3 is 0 Å². The fraction of sp³-hybridized carbons (Fsp3) is 0.214. The molecule has 3 amide bonds. The SMILES string of the molecule is O=C(NCc1ccc2c(c1)OCO2)c1cc(CN(C/C=C/c2ccccc2)Cc2ccco2)on1.O=C(NCc1ccc2c(c1)OCO2)c1cc(CN(CCc2ccccc2)Cc2ccc3c(c2)OCO3)on1.O=C(NCc1ccc2c(c1)OCO2)c1cc(CN(CCc2ccccc2)Cc2ccccc2)on1. The van der Waals surface area contributed by atoms with Gasteiger partial charge in [0.05, 0.1) is 32.4 Å². The van der Waals surface area contributed by atoms with E-state index in [9.17, 15) is 14.4 Å². The Balaban J connectivity index is 0.000000136. The van der Waals surface area contributed by atoms with Gasteiger partial charge in [-0.25, -0.2) is 0 Å². The molecule has 16 rings (SSSR count). The number of aromatic nitrogens is 3. The summed E-state index contributed by atoms with van der Waals surface area (Å²) in [4.78, 5) is 44.7. The highest BCUT2D eigenvalue weighted by molar-refractivity contribution is 5.93. The van der Waals surface area contributed by atoms with Crippen LogP contribution in [0.1, 0.15) is 99.0 Å². The van der Waals surface area contributed by atoms with Gasteiger partial charge in [0.25, 0.3) is 17.7 Å². The summed E-state index contributed by atoms with van der Waals surface area (Å²) in [5.74, 6) is 7.52. The first-order valence-electron chi connectivity index (χ1n) is 35.4. The van der Waals surface area contributed by atoms with Gasteiger partial charge < -0.3 is 71.8 Å². The van der Waals surface area contributed by atoms with Crippen molar-refractivity contribution in [1.82, 2.24) is 46.1 Å². The van der Waals surface area contributed by atoms with Gasteiger partial charge in [0.2, 0.25) is 27.2 Å². The predicted molar refractivity (Wildman–Crippen MR) is 397 cm³/mol. The van der Waals surface area contributed by atoms with Gasteiger partial charge in [-0.2, -0.15) is 0 Å². The molecule has 8 aromatic carbocycles. The van der Waals surface area contributed by atoms with E-state index in [-0.39, 0.29) is 62.0 Å². The molecule has 12 aromatic rings. The lowest BCUT2D eigenvalue weighted by Crippen LogP contribution is -2.25. The predicted octanol–water partition coefficient (Wildman–Crippen LogP) is 13.5. The number of carbonyl (C=O) groups excluding carboxylic acids is 3. The lowest BCUT2D eigenvalue weighted by molar-refractivity contribution is 0.0933. The topological polar surface area (TPSA) is 262 Å². The van der Waals surface area contributed by atoms with Gasteiger partial charge in [-0.1, -0.05) is 173 Å². The van der Waals surface area contributed by atoms with Crippen molar-refractivity contribution in [3.63, 3.8) is 0 Å². The number of furan rings is 1. The summed E-state index contributed by atoms with van der Waals surface area (Å²) in [6.07, 6.45) is 7.62. The quantitative estimate of drug-likeness (QED) is 0.0378. The molecule has 0 spiro atoms. The summed E-state index contributed by atoms with van der Waals surface area (Å²) in [5, 5.41) is 20.6. The molecular formula is C84H79N9O15. The van der Waals surface area contributed by atoms with Crippen molar-refractivity contribution in [1.29, 1.82) is 0 Å². The van der Waals surface area contributed by atoms with Crippen LogP contribution in [0.5, 0.6) is 46.0 Å². The Labute approximate surface area is 623 Å². The summed E-state index contributed by atoms with van der Waals surface area (Å²) >= 11 is 0. The third-order valence-corrected chi connectivity index (χ3v) is 17.8. The van der Waals surface area contributed by atoms with Crippen molar-refractivity contribution in [2.24, 2.45) is 0 Å². The van der Waals surface area contributed by atoms with Crippen LogP contribution in [-0.4, -0.2) is 94.7 Å². The maximum Gasteiger partial charge on any atom is 0.273 e. The first-order valence-corrected chi connectivity index (χ1v) is 35.4. The Bertz CT molecular complexity index is 4940. The number of amides is 3. The highest BCUT2D eigenvalue weighted by atomic mass is 16.7. The van der Waals surface area contributed by atoms with Gasteiger partial charge in [-0.3, -0.25) is 29.1 Å². The number of benzene rings is 8. The van der Waals surface area contributed by atoms with E-state index < -0.39 is 0 Å². The first-order chi connectivity index (χ1) is 53.1. The number of hydrogen-bond donors (Lipinski definition) is 3. The molecule has 24 heteroatoms. The lowest BCUT2D eigenvalue weighted by Gasteiger charge is -2.21. The van der Waals surface area contributed by atoms with Gasteiger partial charge in [0, 0.05) is 70.6 Å². The summed E-state index contributed by atoms with van der Waals surface area (Å²) < 4.78 is 65.2. The van der Waals surface area contributed by atoms with Crippen LogP contribution < -0.4 is 53.8 Å². The average Bonchev–Trinajstić information content (AvgIpc) is 1.71. The Morgan fingerprint density at radius 3 is 1.09 bits per heavy atom. The van der Waals surface area contributed by atoms with E-state index in [1.54, 1.807) is 24.5 Å². The van der Waals surface area contributed by atoms with Crippen molar-refractivity contribution >= 4 is 23.8 Å². The van der Waals surface area contributed by atoms with Gasteiger partial charge in [-0.05, 0) is 118 Å². The van der Waals surface area contributed by atoms with Crippen LogP contribution in [0.2, 0.25) is 0 Å². The molecule has 0 saturated heterocycles. The van der Waals surface area contributed by atoms with Crippen LogP contribution in [0.15, 0.2) is 255 Å². The summed E-state index contributed by atoms with van der Waals surface area (Å²) in [6, 6.07) is 72.8. The number of carbonyl (C=O) groups is 3. The molecule has 3 N–H and O–H groups in total. The molecule has 24 nitrogen and oxygen atoms in total. The van der Waals surface area contributed by atoms with Crippen LogP contribution in [0, 0.1) is 0 Å². The minimum absolute atomic E-state index is 0.212. The molecule has 4 aliphatic rings. The van der Waals surface area contributed by atoms with Gasteiger partial charge in [0.1, 0.15) is 5.76 Å². The van der Waals surface area contributed by atoms with E-state index in [0.717, 1.165) is 77.6 Å². The smallest absolute Gasteiger partial charge is 0.273 e. The molecule has 108 heavy (non-hydrogen) atoms. The number of hydrogen-bond acceptors (Lipinski definition) is 21. The summed E-state index contributed by atoms with van der Waals surface area (Å²) in [6.45, 7) is 7.83. The van der Waals surface area contributed by atoms with E-state index in [1.165, 1.54) is 16.7 Å². The van der Waals surface area contributed by atoms with Crippen LogP contribution in [0.4, 0.5) is 0 Å². The van der Waals surface area contributed by atoms with Gasteiger partial charge in [-0.15, -0.1) is 0 Å². The monoisotopic (exact) mass is 1450 g/mol. The molecular weight excluding hydrogens is 1370 g/mol. The lowest BCUT2D eigenvalue weighted by atomic mass is 10.1. The minimum Gasteiger partial charge on any atom is -0.468 e. The second kappa shape index (κ2) is 36.2. The Kier molecular flexibility index (Phi) is 24.2. The number of ether oxygens (including phenoxy) is 8. The zero-order valence-corrected chi connectivity index (χ0v) is 59.1. The van der Waals surface area contributed by atoms with Gasteiger partial charge in [0.15, 0.2) is 80.4 Å². The van der Waals surface area contributed by atoms with E-state index >= 15 is 0 Å². The highest BCUT2D eigenvalue weighted by Crippen LogP contribution is 2.36. The van der Waals surface area contributed by atoms with Crippen molar-refractivity contribution < 1.29 is 70.3 Å². The van der Waals surface area contributed by atoms with Crippen LogP contribution in [0.25, 0.3) is 6.08 Å². The molecule has 4 aromatic heterocycles. The molecule has 8 heterocycles. The molecule has 550 valence electrons. The Hall–Kier alpha value is -12.9. The molecule has 0 unspecified atom stereocenters. The number of nitrogens with zero attached hydrogens (tertiary/aromatic N) is 6. The maximum absolute atomic E-state index is 12.7. The van der Waals surface area contributed by atoms with E-state index in [0.29, 0.717) is 111 Å². The molecule has 0 saturated carbocycles. The van der Waals surface area contributed by atoms with E-state index in [4.69, 9.17) is 55.9 Å². The van der Waals surface area contributed by atoms with Crippen molar-refractivity contribution in [3.8, 4) is 46.0 Å². The first kappa shape index (κ1) is 72.1. The van der Waals surface area contributed by atoms with Crippen LogP contribution >= 0.6 is 0 Å². The molecule has 0 aliphatic carbocycles. The minimum atomic E-state index is -0.306. The third kappa shape index (κ3) is 20.5. The van der Waals surface area contributed by atoms with Crippen molar-refractivity contribution in [3.05, 3.63) is 321 Å². The summed E-state index contributed by atoms with van der Waals surface area (Å²) in [5.41, 5.74) is 9.46. The van der Waals surface area contributed by atoms with E-state index in [1.807, 2.05) is 146 Å². The van der Waals surface area contributed by atoms with Crippen molar-refractivity contribution in [2.45, 2.75) is 71.7 Å². The number of fused-ring (bicyclic) bond motifs is 4. The van der Waals surface area contributed by atoms with Crippen LogP contribution in [0.3, 0.4) is 0 Å². The zero-order chi connectivity index (χ0) is 73.5. The number of nitrogens with one attached hydrogen (secondary N) is 3. The summed E-state index contributed by atoms with van der Waals surface area (Å²) in [7, 11) is 0. The zero-order valence-electron chi connectivity index (χ0n) is 59.1. The van der Waals surface area contributed by atoms with E-state index in [2.05, 4.69) is 119 Å². The molecule has 0 radical (unpaired) electrons. The fourth-order valence-electron chi connectivity index (χ4n) is 12.3. The standard InChI is InChI=1S/C29H27N3O6.C28H27N3O4.C27H25N3O5/c33-29(30-15-21-6-8-25-27(12-21)36-18-34-25)24-14-23(38-31-24)17-32(11-10-20-4-2-1-3-5-20)16-22-7-9-26-28(13-22)37-19-35-26;32-28(29-17-23-11-12-26-27(15-23)34-20-33-26)25-16-24(35-30-25)19-31(18-22-9-5-2-6-10-22)14-13-21-7-3-1-4-8-21;31-27(28-16-21-10-11-25-26(14-21)34-19-33-25)24-15-23(35-29-24)18-30(17-22-9-5-13-32-22)12-4-8-20-6-2-1-3-7-20/h1-9,12-14H,10-11,15-19H2,(H,30,33);1-12,15-16H,13-14,17-20H2,(H,29,32);1-11,13-15H,12,16-19H2,(H,28,31)/b;;8-4+. The third-order valence-electron chi connectivity index (χ3n) is 17.8. The molecule has 0 atom stereocenters. The van der Waals surface area contributed by atoms with Crippen molar-refractivity contribution in [2.75, 3.05) is 46.8 Å². The second-order valence-corrected chi connectivity index (χ2v) is 25.8. The van der Waals surface area contributed by atoms with Crippen LogP contribution in [-0.2, 0) is 71.7 Å². The largest absolute Gasteiger partial charge is 0.468 e. The molecule has 4 aliphatic heterocycles. The second-order valence-electron chi connectivity index (χ2n) is 25.8.